The lowest BCUT2D eigenvalue weighted by Crippen LogP contribution is -2.45. The largest absolute Gasteiger partial charge is 0.505 e. The molecule has 20 heavy (non-hydrogen) atoms. The second kappa shape index (κ2) is 7.49. The third-order valence-electron chi connectivity index (χ3n) is 3.14. The van der Waals surface area contributed by atoms with Crippen LogP contribution in [0.5, 0.6) is 17.2 Å². The number of hydrogen-bond donors (Lipinski definition) is 0. The number of benzene rings is 1. The summed E-state index contributed by atoms with van der Waals surface area (Å²) in [4.78, 5) is 0. The van der Waals surface area contributed by atoms with Crippen LogP contribution in [0.25, 0.3) is 0 Å². The van der Waals surface area contributed by atoms with E-state index in [0.717, 1.165) is 5.56 Å². The van der Waals surface area contributed by atoms with Crippen LogP contribution in [0.2, 0.25) is 0 Å². The minimum absolute atomic E-state index is 0.437. The van der Waals surface area contributed by atoms with Crippen molar-refractivity contribution >= 4 is 8.80 Å². The molecule has 0 saturated carbocycles. The summed E-state index contributed by atoms with van der Waals surface area (Å²) in [5, 5.41) is 0. The molecule has 0 atom stereocenters. The van der Waals surface area contributed by atoms with Gasteiger partial charge in [0.2, 0.25) is 0 Å². The summed E-state index contributed by atoms with van der Waals surface area (Å²) in [5.74, 6) is 1.94. The Hall–Kier alpha value is -1.28. The van der Waals surface area contributed by atoms with Gasteiger partial charge in [0.25, 0.3) is 0 Å². The highest BCUT2D eigenvalue weighted by Gasteiger charge is 2.40. The molecule has 0 bridgehead atoms. The standard InChI is InChI=1S/C13H22O6Si/c1-14-10-7-12(15-2)11(13(8-10)16-3)9-20(17-4,18-5)19-6/h7-8H,9H2,1-6H3. The highest BCUT2D eigenvalue weighted by molar-refractivity contribution is 6.60. The number of hydrogen-bond acceptors (Lipinski definition) is 6. The predicted octanol–water partition coefficient (Wildman–Crippen LogP) is 1.67. The lowest BCUT2D eigenvalue weighted by atomic mass is 10.2. The SMILES string of the molecule is COc1cc(OC)c(C[Si](OC)(OC)OC)c(OC)c1. The van der Waals surface area contributed by atoms with E-state index in [1.807, 2.05) is 0 Å². The van der Waals surface area contributed by atoms with E-state index in [9.17, 15) is 0 Å². The van der Waals surface area contributed by atoms with Crippen LogP contribution in [0.3, 0.4) is 0 Å². The molecule has 0 spiro atoms. The van der Waals surface area contributed by atoms with Crippen LogP contribution < -0.4 is 14.2 Å². The minimum Gasteiger partial charge on any atom is -0.496 e. The fourth-order valence-corrected chi connectivity index (χ4v) is 3.65. The second-order valence-electron chi connectivity index (χ2n) is 3.98. The fraction of sp³-hybridized carbons (Fsp3) is 0.538. The van der Waals surface area contributed by atoms with Gasteiger partial charge < -0.3 is 27.5 Å². The molecule has 0 radical (unpaired) electrons. The third kappa shape index (κ3) is 3.43. The summed E-state index contributed by atoms with van der Waals surface area (Å²) >= 11 is 0. The van der Waals surface area contributed by atoms with Crippen molar-refractivity contribution in [2.24, 2.45) is 0 Å². The molecule has 0 fully saturated rings. The zero-order valence-electron chi connectivity index (χ0n) is 12.8. The highest BCUT2D eigenvalue weighted by atomic mass is 28.4. The van der Waals surface area contributed by atoms with Gasteiger partial charge >= 0.3 is 8.80 Å². The maximum atomic E-state index is 5.45. The zero-order valence-corrected chi connectivity index (χ0v) is 13.8. The molecular formula is C13H22O6Si. The second-order valence-corrected chi connectivity index (χ2v) is 6.93. The van der Waals surface area contributed by atoms with Gasteiger partial charge in [-0.1, -0.05) is 0 Å². The van der Waals surface area contributed by atoms with Crippen molar-refractivity contribution in [3.05, 3.63) is 17.7 Å². The molecule has 7 heteroatoms. The molecule has 0 N–H and O–H groups in total. The number of ether oxygens (including phenoxy) is 3. The first-order valence-corrected chi connectivity index (χ1v) is 7.97. The third-order valence-corrected chi connectivity index (χ3v) is 5.80. The summed E-state index contributed by atoms with van der Waals surface area (Å²) in [6, 6.07) is 4.02. The molecule has 0 amide bonds. The van der Waals surface area contributed by atoms with E-state index in [0.29, 0.717) is 23.3 Å². The van der Waals surface area contributed by atoms with Gasteiger partial charge in [0.05, 0.1) is 27.4 Å². The topological polar surface area (TPSA) is 55.4 Å². The Balaban J connectivity index is 3.28. The fourth-order valence-electron chi connectivity index (χ4n) is 1.94. The molecular weight excluding hydrogens is 280 g/mol. The molecule has 0 saturated heterocycles. The predicted molar refractivity (Wildman–Crippen MR) is 76.6 cm³/mol. The Bertz CT molecular complexity index is 400. The summed E-state index contributed by atoms with van der Waals surface area (Å²) in [6.45, 7) is 0. The van der Waals surface area contributed by atoms with Gasteiger partial charge in [-0.2, -0.15) is 0 Å². The number of rotatable bonds is 8. The Morgan fingerprint density at radius 2 is 1.20 bits per heavy atom. The molecule has 1 aromatic rings. The first kappa shape index (κ1) is 16.8. The van der Waals surface area contributed by atoms with Gasteiger partial charge in [0.1, 0.15) is 17.2 Å². The van der Waals surface area contributed by atoms with Crippen LogP contribution in [0.4, 0.5) is 0 Å². The monoisotopic (exact) mass is 302 g/mol. The average Bonchev–Trinajstić information content (AvgIpc) is 2.52. The van der Waals surface area contributed by atoms with Crippen molar-refractivity contribution in [3.63, 3.8) is 0 Å². The molecule has 1 aromatic carbocycles. The van der Waals surface area contributed by atoms with Crippen LogP contribution in [-0.2, 0) is 19.3 Å². The molecule has 0 aliphatic carbocycles. The van der Waals surface area contributed by atoms with E-state index in [-0.39, 0.29) is 0 Å². The first-order chi connectivity index (χ1) is 9.59. The van der Waals surface area contributed by atoms with Gasteiger partial charge in [-0.25, -0.2) is 0 Å². The van der Waals surface area contributed by atoms with E-state index in [1.54, 1.807) is 54.8 Å². The Morgan fingerprint density at radius 1 is 0.750 bits per heavy atom. The van der Waals surface area contributed by atoms with Crippen LogP contribution in [0.15, 0.2) is 12.1 Å². The van der Waals surface area contributed by atoms with Gasteiger partial charge in [-0.3, -0.25) is 0 Å². The van der Waals surface area contributed by atoms with E-state index in [4.69, 9.17) is 27.5 Å². The molecule has 6 nitrogen and oxygen atoms in total. The molecule has 0 unspecified atom stereocenters. The van der Waals surface area contributed by atoms with Crippen molar-refractivity contribution in [1.82, 2.24) is 0 Å². The van der Waals surface area contributed by atoms with Gasteiger partial charge in [-0.05, 0) is 0 Å². The van der Waals surface area contributed by atoms with Crippen molar-refractivity contribution in [3.8, 4) is 17.2 Å². The molecule has 1 rings (SSSR count). The van der Waals surface area contributed by atoms with Crippen LogP contribution in [-0.4, -0.2) is 51.5 Å². The Kier molecular flexibility index (Phi) is 6.28. The lowest BCUT2D eigenvalue weighted by molar-refractivity contribution is 0.122. The average molecular weight is 302 g/mol. The first-order valence-electron chi connectivity index (χ1n) is 6.04. The van der Waals surface area contributed by atoms with Gasteiger partial charge in [0.15, 0.2) is 0 Å². The van der Waals surface area contributed by atoms with E-state index in [2.05, 4.69) is 0 Å². The highest BCUT2D eigenvalue weighted by Crippen LogP contribution is 2.36. The smallest absolute Gasteiger partial charge is 0.496 e. The summed E-state index contributed by atoms with van der Waals surface area (Å²) in [7, 11) is 6.70. The van der Waals surface area contributed by atoms with E-state index >= 15 is 0 Å². The quantitative estimate of drug-likeness (QED) is 0.681. The maximum absolute atomic E-state index is 5.45. The van der Waals surface area contributed by atoms with E-state index in [1.165, 1.54) is 0 Å². The van der Waals surface area contributed by atoms with Crippen LogP contribution >= 0.6 is 0 Å². The molecule has 114 valence electrons. The summed E-state index contributed by atoms with van der Waals surface area (Å²) in [5.41, 5.74) is 0.827. The zero-order chi connectivity index (χ0) is 15.2. The van der Waals surface area contributed by atoms with Crippen LogP contribution in [0.1, 0.15) is 5.56 Å². The van der Waals surface area contributed by atoms with Gasteiger partial charge in [0, 0.05) is 39.0 Å². The molecule has 0 aromatic heterocycles. The van der Waals surface area contributed by atoms with Crippen molar-refractivity contribution < 1.29 is 27.5 Å². The molecule has 0 heterocycles. The van der Waals surface area contributed by atoms with Gasteiger partial charge in [-0.15, -0.1) is 0 Å². The number of methoxy groups -OCH3 is 3. The lowest BCUT2D eigenvalue weighted by Gasteiger charge is -2.26. The minimum atomic E-state index is -2.78. The Labute approximate surface area is 120 Å². The van der Waals surface area contributed by atoms with Crippen molar-refractivity contribution in [2.75, 3.05) is 42.7 Å². The summed E-state index contributed by atoms with van der Waals surface area (Å²) < 4.78 is 32.4. The van der Waals surface area contributed by atoms with Crippen LogP contribution in [0, 0.1) is 0 Å². The normalized spacial score (nSPS) is 11.3. The summed E-state index contributed by atoms with van der Waals surface area (Å²) in [6.07, 6.45) is 0. The molecule has 0 aliphatic heterocycles. The molecule has 0 aliphatic rings. The Morgan fingerprint density at radius 3 is 1.50 bits per heavy atom. The maximum Gasteiger partial charge on any atom is 0.505 e. The van der Waals surface area contributed by atoms with Crippen molar-refractivity contribution in [1.29, 1.82) is 0 Å². The van der Waals surface area contributed by atoms with Crippen molar-refractivity contribution in [2.45, 2.75) is 6.04 Å². The van der Waals surface area contributed by atoms with E-state index < -0.39 is 8.80 Å².